The van der Waals surface area contributed by atoms with Gasteiger partial charge in [0.1, 0.15) is 23.4 Å². The quantitative estimate of drug-likeness (QED) is 0.233. The molecule has 0 aliphatic carbocycles. The molecule has 2 aliphatic heterocycles. The molecule has 1 unspecified atom stereocenters. The molecule has 2 aliphatic rings. The van der Waals surface area contributed by atoms with Gasteiger partial charge in [-0.15, -0.1) is 12.4 Å². The number of carbonyl (C=O) groups excluding carboxylic acids is 1. The first kappa shape index (κ1) is 27.9. The lowest BCUT2D eigenvalue weighted by Crippen LogP contribution is -2.31. The van der Waals surface area contributed by atoms with Crippen LogP contribution in [0.4, 0.5) is 4.39 Å². The van der Waals surface area contributed by atoms with Gasteiger partial charge in [0.05, 0.1) is 11.0 Å². The van der Waals surface area contributed by atoms with E-state index < -0.39 is 11.9 Å². The third-order valence-corrected chi connectivity index (χ3v) is 8.64. The zero-order chi connectivity index (χ0) is 28.1. The average molecular weight is 583 g/mol. The van der Waals surface area contributed by atoms with Crippen molar-refractivity contribution in [1.29, 1.82) is 0 Å². The fraction of sp³-hybridized carbons (Fsp3) is 0.235. The summed E-state index contributed by atoms with van der Waals surface area (Å²) in [6, 6.07) is 25.3. The molecular formula is C34H32ClFN4O2. The van der Waals surface area contributed by atoms with E-state index >= 15 is 0 Å². The molecule has 42 heavy (non-hydrogen) atoms. The molecule has 0 spiro atoms. The number of imidazole rings is 1. The minimum Gasteiger partial charge on any atom is -0.508 e. The van der Waals surface area contributed by atoms with Crippen LogP contribution in [0.5, 0.6) is 5.75 Å². The number of H-pyrrole nitrogens is 1. The van der Waals surface area contributed by atoms with Crippen molar-refractivity contribution in [2.45, 2.75) is 31.3 Å². The summed E-state index contributed by atoms with van der Waals surface area (Å²) in [5, 5.41) is 10.8. The van der Waals surface area contributed by atoms with E-state index in [0.29, 0.717) is 23.9 Å². The summed E-state index contributed by atoms with van der Waals surface area (Å²) < 4.78 is 14.4. The van der Waals surface area contributed by atoms with Gasteiger partial charge < -0.3 is 19.9 Å². The number of amides is 1. The zero-order valence-corrected chi connectivity index (χ0v) is 24.1. The van der Waals surface area contributed by atoms with Crippen molar-refractivity contribution in [2.75, 3.05) is 20.1 Å². The number of benzene rings is 4. The van der Waals surface area contributed by atoms with E-state index in [9.17, 15) is 14.3 Å². The molecule has 1 amide bonds. The van der Waals surface area contributed by atoms with Crippen LogP contribution in [0.2, 0.25) is 0 Å². The van der Waals surface area contributed by atoms with Crippen molar-refractivity contribution in [3.63, 3.8) is 0 Å². The van der Waals surface area contributed by atoms with Crippen LogP contribution in [0.1, 0.15) is 57.7 Å². The van der Waals surface area contributed by atoms with Gasteiger partial charge in [-0.2, -0.15) is 0 Å². The summed E-state index contributed by atoms with van der Waals surface area (Å²) in [6.07, 6.45) is 2.35. The molecular weight excluding hydrogens is 551 g/mol. The van der Waals surface area contributed by atoms with Gasteiger partial charge in [0.15, 0.2) is 0 Å². The van der Waals surface area contributed by atoms with Crippen LogP contribution in [-0.4, -0.2) is 50.9 Å². The summed E-state index contributed by atoms with van der Waals surface area (Å²) in [6.45, 7) is 2.57. The van der Waals surface area contributed by atoms with Crippen LogP contribution in [0.3, 0.4) is 0 Å². The number of nitrogens with zero attached hydrogens (tertiary/aromatic N) is 3. The van der Waals surface area contributed by atoms with Gasteiger partial charge in [-0.1, -0.05) is 48.5 Å². The average Bonchev–Trinajstić information content (AvgIpc) is 3.56. The van der Waals surface area contributed by atoms with Crippen LogP contribution >= 0.6 is 12.4 Å². The standard InChI is InChI=1S/C34H31FN4O2.ClH/c1-38-16-14-23(15-17-38)21-6-8-22(9-7-21)24-10-11-25-20-39(34(41)27(25)18-24)32(28-19-26(35)12-13-31(28)40)33-36-29-4-2-3-5-30(29)37-33;/h2-13,18-19,23,32,40H,14-17,20H2,1H3,(H,36,37);1H. The maximum absolute atomic E-state index is 14.4. The molecule has 1 aromatic heterocycles. The Morgan fingerprint density at radius 2 is 1.69 bits per heavy atom. The van der Waals surface area contributed by atoms with E-state index in [1.165, 1.54) is 36.6 Å². The second kappa shape index (κ2) is 11.2. The van der Waals surface area contributed by atoms with Crippen LogP contribution in [0.25, 0.3) is 22.2 Å². The highest BCUT2D eigenvalue weighted by Crippen LogP contribution is 2.40. The van der Waals surface area contributed by atoms with Crippen molar-refractivity contribution >= 4 is 29.3 Å². The molecule has 1 fully saturated rings. The predicted molar refractivity (Wildman–Crippen MR) is 164 cm³/mol. The minimum absolute atomic E-state index is 0. The molecule has 6 nitrogen and oxygen atoms in total. The highest BCUT2D eigenvalue weighted by Gasteiger charge is 2.37. The lowest BCUT2D eigenvalue weighted by molar-refractivity contribution is 0.0723. The van der Waals surface area contributed by atoms with E-state index in [0.717, 1.165) is 40.8 Å². The number of hydrogen-bond donors (Lipinski definition) is 2. The number of fused-ring (bicyclic) bond motifs is 2. The van der Waals surface area contributed by atoms with Crippen LogP contribution in [-0.2, 0) is 6.54 Å². The highest BCUT2D eigenvalue weighted by molar-refractivity contribution is 6.00. The number of phenolic OH excluding ortho intramolecular Hbond substituents is 1. The number of nitrogens with one attached hydrogen (secondary N) is 1. The van der Waals surface area contributed by atoms with Gasteiger partial charge in [-0.25, -0.2) is 9.37 Å². The Morgan fingerprint density at radius 1 is 0.952 bits per heavy atom. The third-order valence-electron chi connectivity index (χ3n) is 8.64. The topological polar surface area (TPSA) is 72.5 Å². The van der Waals surface area contributed by atoms with E-state index in [1.54, 1.807) is 4.90 Å². The number of para-hydroxylation sites is 2. The molecule has 2 N–H and O–H groups in total. The number of hydrogen-bond acceptors (Lipinski definition) is 4. The SMILES string of the molecule is CN1CCC(c2ccc(-c3ccc4c(c3)C(=O)N(C(c3nc5ccccc5[nH]3)c3cc(F)ccc3O)C4)cc2)CC1.Cl. The third kappa shape index (κ3) is 5.03. The number of likely N-dealkylation sites (tertiary alicyclic amines) is 1. The molecule has 5 aromatic rings. The maximum atomic E-state index is 14.4. The second-order valence-corrected chi connectivity index (χ2v) is 11.2. The Labute approximate surface area is 250 Å². The summed E-state index contributed by atoms with van der Waals surface area (Å²) in [5.74, 6) is 0.293. The summed E-state index contributed by atoms with van der Waals surface area (Å²) >= 11 is 0. The number of phenols is 1. The molecule has 7 rings (SSSR count). The monoisotopic (exact) mass is 582 g/mol. The molecule has 1 saturated heterocycles. The smallest absolute Gasteiger partial charge is 0.255 e. The molecule has 1 atom stereocenters. The number of aromatic amines is 1. The summed E-state index contributed by atoms with van der Waals surface area (Å²) in [4.78, 5) is 26.0. The minimum atomic E-state index is -0.796. The number of aromatic nitrogens is 2. The second-order valence-electron chi connectivity index (χ2n) is 11.2. The fourth-order valence-corrected chi connectivity index (χ4v) is 6.31. The van der Waals surface area contributed by atoms with Crippen LogP contribution in [0.15, 0.2) is 84.9 Å². The molecule has 4 aromatic carbocycles. The summed E-state index contributed by atoms with van der Waals surface area (Å²) in [5.41, 5.74) is 6.73. The number of aromatic hydroxyl groups is 1. The predicted octanol–water partition coefficient (Wildman–Crippen LogP) is 7.05. The fourth-order valence-electron chi connectivity index (χ4n) is 6.31. The molecule has 3 heterocycles. The largest absolute Gasteiger partial charge is 0.508 e. The maximum Gasteiger partial charge on any atom is 0.255 e. The van der Waals surface area contributed by atoms with Gasteiger partial charge in [0, 0.05) is 17.7 Å². The molecule has 214 valence electrons. The molecule has 0 bridgehead atoms. The van der Waals surface area contributed by atoms with Gasteiger partial charge in [-0.05, 0) is 97.5 Å². The van der Waals surface area contributed by atoms with Crippen molar-refractivity contribution in [3.8, 4) is 16.9 Å². The van der Waals surface area contributed by atoms with Crippen LogP contribution < -0.4 is 0 Å². The number of carbonyl (C=O) groups is 1. The van der Waals surface area contributed by atoms with E-state index in [4.69, 9.17) is 4.98 Å². The Bertz CT molecular complexity index is 1730. The first-order chi connectivity index (χ1) is 19.9. The van der Waals surface area contributed by atoms with E-state index in [1.807, 2.05) is 36.4 Å². The van der Waals surface area contributed by atoms with Crippen molar-refractivity contribution < 1.29 is 14.3 Å². The first-order valence-electron chi connectivity index (χ1n) is 14.1. The lowest BCUT2D eigenvalue weighted by Gasteiger charge is -2.29. The molecule has 0 radical (unpaired) electrons. The molecule has 0 saturated carbocycles. The highest BCUT2D eigenvalue weighted by atomic mass is 35.5. The lowest BCUT2D eigenvalue weighted by atomic mass is 9.88. The molecule has 8 heteroatoms. The zero-order valence-electron chi connectivity index (χ0n) is 23.3. The Kier molecular flexibility index (Phi) is 7.47. The Hall–Kier alpha value is -4.20. The van der Waals surface area contributed by atoms with Gasteiger partial charge in [-0.3, -0.25) is 4.79 Å². The van der Waals surface area contributed by atoms with Crippen molar-refractivity contribution in [3.05, 3.63) is 119 Å². The normalized spacial score (nSPS) is 16.4. The number of halogens is 2. The van der Waals surface area contributed by atoms with Crippen molar-refractivity contribution in [2.24, 2.45) is 0 Å². The van der Waals surface area contributed by atoms with Gasteiger partial charge >= 0.3 is 0 Å². The van der Waals surface area contributed by atoms with E-state index in [2.05, 4.69) is 47.3 Å². The Balaban J connectivity index is 0.00000316. The number of rotatable bonds is 5. The van der Waals surface area contributed by atoms with Crippen molar-refractivity contribution in [1.82, 2.24) is 19.8 Å². The first-order valence-corrected chi connectivity index (χ1v) is 14.1. The number of piperidine rings is 1. The summed E-state index contributed by atoms with van der Waals surface area (Å²) in [7, 11) is 2.18. The van der Waals surface area contributed by atoms with Gasteiger partial charge in [0.2, 0.25) is 0 Å². The van der Waals surface area contributed by atoms with E-state index in [-0.39, 0.29) is 29.6 Å². The van der Waals surface area contributed by atoms with Gasteiger partial charge in [0.25, 0.3) is 5.91 Å². The van der Waals surface area contributed by atoms with Crippen LogP contribution in [0, 0.1) is 5.82 Å². The Morgan fingerprint density at radius 3 is 2.45 bits per heavy atom.